The third kappa shape index (κ3) is 4.38. The van der Waals surface area contributed by atoms with Gasteiger partial charge in [-0.05, 0) is 24.6 Å². The second-order valence-corrected chi connectivity index (χ2v) is 5.88. The fourth-order valence-corrected chi connectivity index (χ4v) is 2.52. The van der Waals surface area contributed by atoms with Crippen LogP contribution in [-0.2, 0) is 14.4 Å². The summed E-state index contributed by atoms with van der Waals surface area (Å²) < 4.78 is 5.46. The highest BCUT2D eigenvalue weighted by atomic mass is 35.5. The van der Waals surface area contributed by atoms with Gasteiger partial charge in [-0.1, -0.05) is 24.9 Å². The maximum atomic E-state index is 12.5. The van der Waals surface area contributed by atoms with Crippen molar-refractivity contribution in [3.8, 4) is 5.75 Å². The van der Waals surface area contributed by atoms with Crippen molar-refractivity contribution < 1.29 is 24.2 Å². The predicted molar refractivity (Wildman–Crippen MR) is 88.4 cm³/mol. The Hall–Kier alpha value is -2.28. The molecule has 2 N–H and O–H groups in total. The Morgan fingerprint density at radius 3 is 2.83 bits per heavy atom. The molecule has 130 valence electrons. The lowest BCUT2D eigenvalue weighted by Gasteiger charge is -2.33. The van der Waals surface area contributed by atoms with Crippen LogP contribution in [0.1, 0.15) is 26.2 Å². The van der Waals surface area contributed by atoms with Crippen LogP contribution < -0.4 is 15.0 Å². The molecule has 0 aromatic heterocycles. The molecule has 1 aliphatic rings. The Morgan fingerprint density at radius 2 is 2.17 bits per heavy atom. The molecular formula is C16H19ClN2O5. The number of rotatable bonds is 7. The van der Waals surface area contributed by atoms with Crippen molar-refractivity contribution in [2.24, 2.45) is 0 Å². The quantitative estimate of drug-likeness (QED) is 0.728. The van der Waals surface area contributed by atoms with E-state index in [1.54, 1.807) is 12.1 Å². The average Bonchev–Trinajstić information content (AvgIpc) is 2.52. The number of anilines is 1. The second kappa shape index (κ2) is 8.01. The van der Waals surface area contributed by atoms with Crippen LogP contribution in [0, 0.1) is 0 Å². The number of carboxylic acids is 1. The monoisotopic (exact) mass is 354 g/mol. The van der Waals surface area contributed by atoms with Crippen LogP contribution >= 0.6 is 11.6 Å². The van der Waals surface area contributed by atoms with E-state index in [4.69, 9.17) is 21.4 Å². The zero-order valence-corrected chi connectivity index (χ0v) is 14.0. The Kier molecular flexibility index (Phi) is 6.03. The molecule has 1 aromatic rings. The Labute approximate surface area is 144 Å². The Bertz CT molecular complexity index is 649. The highest BCUT2D eigenvalue weighted by Crippen LogP contribution is 2.36. The number of unbranched alkanes of at least 4 members (excludes halogenated alkanes) is 1. The van der Waals surface area contributed by atoms with Crippen molar-refractivity contribution in [3.63, 3.8) is 0 Å². The molecule has 0 fully saturated rings. The van der Waals surface area contributed by atoms with Gasteiger partial charge in [0, 0.05) is 11.6 Å². The van der Waals surface area contributed by atoms with Gasteiger partial charge in [0.15, 0.2) is 6.10 Å². The van der Waals surface area contributed by atoms with Gasteiger partial charge in [-0.15, -0.1) is 0 Å². The summed E-state index contributed by atoms with van der Waals surface area (Å²) in [5.74, 6) is -1.72. The number of aliphatic carboxylic acids is 1. The minimum atomic E-state index is -1.17. The van der Waals surface area contributed by atoms with Crippen LogP contribution in [0.25, 0.3) is 0 Å². The van der Waals surface area contributed by atoms with Crippen LogP contribution in [0.4, 0.5) is 5.69 Å². The molecule has 1 unspecified atom stereocenters. The average molecular weight is 355 g/mol. The molecule has 0 radical (unpaired) electrons. The van der Waals surface area contributed by atoms with Crippen molar-refractivity contribution in [1.82, 2.24) is 5.32 Å². The molecule has 8 heteroatoms. The molecule has 2 rings (SSSR count). The lowest BCUT2D eigenvalue weighted by atomic mass is 10.1. The first-order valence-electron chi connectivity index (χ1n) is 7.68. The van der Waals surface area contributed by atoms with E-state index >= 15 is 0 Å². The fourth-order valence-electron chi connectivity index (χ4n) is 2.35. The largest absolute Gasteiger partial charge is 0.481 e. The molecule has 0 bridgehead atoms. The normalized spacial score (nSPS) is 16.3. The molecule has 0 aliphatic carbocycles. The topological polar surface area (TPSA) is 95.9 Å². The van der Waals surface area contributed by atoms with E-state index in [0.717, 1.165) is 12.8 Å². The van der Waals surface area contributed by atoms with Crippen LogP contribution in [-0.4, -0.2) is 42.1 Å². The number of ether oxygens (including phenoxy) is 1. The van der Waals surface area contributed by atoms with Crippen LogP contribution in [0.2, 0.25) is 5.02 Å². The lowest BCUT2D eigenvalue weighted by molar-refractivity contribution is -0.142. The number of hydrogen-bond acceptors (Lipinski definition) is 4. The van der Waals surface area contributed by atoms with Gasteiger partial charge in [-0.3, -0.25) is 19.3 Å². The molecule has 0 spiro atoms. The molecule has 2 amide bonds. The van der Waals surface area contributed by atoms with Gasteiger partial charge in [0.2, 0.25) is 5.91 Å². The summed E-state index contributed by atoms with van der Waals surface area (Å²) in [4.78, 5) is 36.7. The Balaban J connectivity index is 2.22. The molecule has 1 aromatic carbocycles. The van der Waals surface area contributed by atoms with E-state index in [1.165, 1.54) is 11.0 Å². The van der Waals surface area contributed by atoms with Crippen molar-refractivity contribution in [2.45, 2.75) is 32.3 Å². The minimum absolute atomic E-state index is 0.213. The van der Waals surface area contributed by atoms with E-state index in [-0.39, 0.29) is 12.5 Å². The molecule has 7 nitrogen and oxygen atoms in total. The second-order valence-electron chi connectivity index (χ2n) is 5.44. The van der Waals surface area contributed by atoms with Crippen molar-refractivity contribution in [2.75, 3.05) is 18.0 Å². The van der Waals surface area contributed by atoms with Gasteiger partial charge in [0.05, 0.1) is 12.1 Å². The summed E-state index contributed by atoms with van der Waals surface area (Å²) in [5, 5.41) is 12.1. The zero-order chi connectivity index (χ0) is 17.7. The molecule has 0 saturated carbocycles. The molecule has 0 saturated heterocycles. The molecule has 24 heavy (non-hydrogen) atoms. The number of hydrogen-bond donors (Lipinski definition) is 2. The summed E-state index contributed by atoms with van der Waals surface area (Å²) in [6.07, 6.45) is 0.136. The summed E-state index contributed by atoms with van der Waals surface area (Å²) in [7, 11) is 0. The number of nitrogens with zero attached hydrogens (tertiary/aromatic N) is 1. The van der Waals surface area contributed by atoms with Crippen LogP contribution in [0.5, 0.6) is 5.75 Å². The maximum Gasteiger partial charge on any atom is 0.307 e. The fraction of sp³-hybridized carbons (Fsp3) is 0.438. The van der Waals surface area contributed by atoms with E-state index < -0.39 is 24.4 Å². The van der Waals surface area contributed by atoms with E-state index in [1.807, 2.05) is 6.92 Å². The lowest BCUT2D eigenvalue weighted by Crippen LogP contribution is -2.50. The SMILES string of the molecule is CCCCNC(=O)CN1C(=O)C(CC(=O)O)Oc2ccc(Cl)cc21. The first-order chi connectivity index (χ1) is 11.4. The predicted octanol–water partition coefficient (Wildman–Crippen LogP) is 1.83. The number of benzene rings is 1. The molecule has 1 atom stereocenters. The van der Waals surface area contributed by atoms with Gasteiger partial charge < -0.3 is 15.2 Å². The first kappa shape index (κ1) is 18.1. The van der Waals surface area contributed by atoms with Crippen molar-refractivity contribution in [1.29, 1.82) is 0 Å². The molecule has 1 aliphatic heterocycles. The van der Waals surface area contributed by atoms with E-state index in [9.17, 15) is 14.4 Å². The summed E-state index contributed by atoms with van der Waals surface area (Å²) in [5.41, 5.74) is 0.361. The Morgan fingerprint density at radius 1 is 1.42 bits per heavy atom. The number of carboxylic acid groups (broad SMARTS) is 1. The number of carbonyl (C=O) groups excluding carboxylic acids is 2. The third-order valence-corrected chi connectivity index (χ3v) is 3.77. The standard InChI is InChI=1S/C16H19ClN2O5/c1-2-3-6-18-14(20)9-19-11-7-10(17)4-5-12(11)24-13(16(19)23)8-15(21)22/h4-5,7,13H,2-3,6,8-9H2,1H3,(H,18,20)(H,21,22). The third-order valence-electron chi connectivity index (χ3n) is 3.54. The highest BCUT2D eigenvalue weighted by Gasteiger charge is 2.36. The van der Waals surface area contributed by atoms with Gasteiger partial charge >= 0.3 is 5.97 Å². The summed E-state index contributed by atoms with van der Waals surface area (Å²) in [6, 6.07) is 4.65. The van der Waals surface area contributed by atoms with Gasteiger partial charge in [0.25, 0.3) is 5.91 Å². The zero-order valence-electron chi connectivity index (χ0n) is 13.3. The van der Waals surface area contributed by atoms with E-state index in [2.05, 4.69) is 5.32 Å². The number of fused-ring (bicyclic) bond motifs is 1. The van der Waals surface area contributed by atoms with Gasteiger partial charge in [0.1, 0.15) is 12.3 Å². The number of carbonyl (C=O) groups is 3. The number of nitrogens with one attached hydrogen (secondary N) is 1. The highest BCUT2D eigenvalue weighted by molar-refractivity contribution is 6.31. The molecular weight excluding hydrogens is 336 g/mol. The number of halogens is 1. The van der Waals surface area contributed by atoms with Gasteiger partial charge in [-0.25, -0.2) is 0 Å². The van der Waals surface area contributed by atoms with E-state index in [0.29, 0.717) is 23.0 Å². The smallest absolute Gasteiger partial charge is 0.307 e. The molecule has 1 heterocycles. The van der Waals surface area contributed by atoms with Crippen molar-refractivity contribution >= 4 is 35.1 Å². The summed E-state index contributed by atoms with van der Waals surface area (Å²) in [6.45, 7) is 2.32. The number of amides is 2. The van der Waals surface area contributed by atoms with Crippen LogP contribution in [0.3, 0.4) is 0 Å². The summed E-state index contributed by atoms with van der Waals surface area (Å²) >= 11 is 5.96. The maximum absolute atomic E-state index is 12.5. The van der Waals surface area contributed by atoms with Crippen molar-refractivity contribution in [3.05, 3.63) is 23.2 Å². The first-order valence-corrected chi connectivity index (χ1v) is 8.06. The van der Waals surface area contributed by atoms with Gasteiger partial charge in [-0.2, -0.15) is 0 Å². The minimum Gasteiger partial charge on any atom is -0.481 e. The van der Waals surface area contributed by atoms with Crippen LogP contribution in [0.15, 0.2) is 18.2 Å².